The lowest BCUT2D eigenvalue weighted by Crippen LogP contribution is -2.12. The largest absolute Gasteiger partial charge is 0.388 e. The van der Waals surface area contributed by atoms with Crippen molar-refractivity contribution in [2.24, 2.45) is 5.92 Å². The number of hydrogen-bond acceptors (Lipinski definition) is 4. The topological polar surface area (TPSA) is 60.2 Å². The number of aromatic nitrogens is 3. The van der Waals surface area contributed by atoms with Gasteiger partial charge in [0.05, 0.1) is 6.61 Å². The quantitative estimate of drug-likeness (QED) is 0.738. The molecule has 0 unspecified atom stereocenters. The highest BCUT2D eigenvalue weighted by atomic mass is 16.5. The Balaban J connectivity index is 2.08. The minimum absolute atomic E-state index is 0.0542. The summed E-state index contributed by atoms with van der Waals surface area (Å²) >= 11 is 0. The van der Waals surface area contributed by atoms with Crippen molar-refractivity contribution in [3.05, 3.63) is 11.6 Å². The second kappa shape index (κ2) is 4.72. The molecule has 0 aliphatic heterocycles. The molecule has 1 aromatic heterocycles. The molecule has 1 aliphatic carbocycles. The average Bonchev–Trinajstić information content (AvgIpc) is 2.97. The molecule has 0 amide bonds. The fraction of sp³-hybridized carbons (Fsp3) is 0.800. The zero-order valence-electron chi connectivity index (χ0n) is 9.02. The molecule has 15 heavy (non-hydrogen) atoms. The second-order valence-corrected chi connectivity index (χ2v) is 3.98. The summed E-state index contributed by atoms with van der Waals surface area (Å²) in [4.78, 5) is 0. The Labute approximate surface area is 89.1 Å². The van der Waals surface area contributed by atoms with Crippen LogP contribution in [-0.2, 0) is 24.3 Å². The maximum absolute atomic E-state index is 9.12. The molecule has 1 fully saturated rings. The maximum Gasteiger partial charge on any atom is 0.158 e. The monoisotopic (exact) mass is 211 g/mol. The summed E-state index contributed by atoms with van der Waals surface area (Å²) in [6.07, 6.45) is 3.58. The van der Waals surface area contributed by atoms with Crippen molar-refractivity contribution < 1.29 is 9.84 Å². The van der Waals surface area contributed by atoms with Gasteiger partial charge in [-0.05, 0) is 18.8 Å². The van der Waals surface area contributed by atoms with Crippen molar-refractivity contribution in [2.75, 3.05) is 13.7 Å². The lowest BCUT2D eigenvalue weighted by atomic mass is 10.3. The van der Waals surface area contributed by atoms with E-state index in [9.17, 15) is 0 Å². The van der Waals surface area contributed by atoms with Crippen LogP contribution in [0.4, 0.5) is 0 Å². The van der Waals surface area contributed by atoms with Crippen LogP contribution < -0.4 is 0 Å². The molecule has 5 nitrogen and oxygen atoms in total. The van der Waals surface area contributed by atoms with Crippen molar-refractivity contribution in [2.45, 2.75) is 32.4 Å². The summed E-state index contributed by atoms with van der Waals surface area (Å²) in [5.74, 6) is 2.41. The first-order chi connectivity index (χ1) is 7.35. The number of aliphatic hydroxyl groups excluding tert-OH is 1. The number of ether oxygens (including phenoxy) is 1. The van der Waals surface area contributed by atoms with Crippen molar-refractivity contribution in [3.63, 3.8) is 0 Å². The molecule has 0 saturated heterocycles. The molecule has 1 aromatic rings. The van der Waals surface area contributed by atoms with Crippen LogP contribution in [-0.4, -0.2) is 33.6 Å². The Morgan fingerprint density at radius 3 is 2.73 bits per heavy atom. The standard InChI is InChI=1S/C10H17N3O2/c1-15-5-4-13-9(6-8-2-3-8)11-12-10(13)7-14/h8,14H,2-7H2,1H3. The Morgan fingerprint density at radius 1 is 1.40 bits per heavy atom. The van der Waals surface area contributed by atoms with Gasteiger partial charge in [-0.3, -0.25) is 0 Å². The summed E-state index contributed by atoms with van der Waals surface area (Å²) in [6, 6.07) is 0. The third-order valence-electron chi connectivity index (χ3n) is 2.73. The van der Waals surface area contributed by atoms with Crippen LogP contribution in [0.25, 0.3) is 0 Å². The third-order valence-corrected chi connectivity index (χ3v) is 2.73. The van der Waals surface area contributed by atoms with Crippen molar-refractivity contribution in [1.29, 1.82) is 0 Å². The normalized spacial score (nSPS) is 15.9. The highest BCUT2D eigenvalue weighted by molar-refractivity contribution is 4.98. The van der Waals surface area contributed by atoms with Gasteiger partial charge < -0.3 is 14.4 Å². The molecule has 0 radical (unpaired) electrons. The molecule has 1 saturated carbocycles. The molecular formula is C10H17N3O2. The summed E-state index contributed by atoms with van der Waals surface area (Å²) in [6.45, 7) is 1.30. The van der Waals surface area contributed by atoms with Gasteiger partial charge in [-0.1, -0.05) is 0 Å². The van der Waals surface area contributed by atoms with Crippen LogP contribution >= 0.6 is 0 Å². The van der Waals surface area contributed by atoms with Crippen LogP contribution in [0.2, 0.25) is 0 Å². The van der Waals surface area contributed by atoms with E-state index in [1.165, 1.54) is 12.8 Å². The lowest BCUT2D eigenvalue weighted by molar-refractivity contribution is 0.181. The van der Waals surface area contributed by atoms with Crippen LogP contribution in [0, 0.1) is 5.92 Å². The van der Waals surface area contributed by atoms with Crippen molar-refractivity contribution >= 4 is 0 Å². The minimum Gasteiger partial charge on any atom is -0.388 e. The first-order valence-electron chi connectivity index (χ1n) is 5.36. The van der Waals surface area contributed by atoms with E-state index >= 15 is 0 Å². The molecule has 2 rings (SSSR count). The van der Waals surface area contributed by atoms with Gasteiger partial charge >= 0.3 is 0 Å². The van der Waals surface area contributed by atoms with Gasteiger partial charge in [-0.15, -0.1) is 10.2 Å². The van der Waals surface area contributed by atoms with Crippen molar-refractivity contribution in [1.82, 2.24) is 14.8 Å². The lowest BCUT2D eigenvalue weighted by Gasteiger charge is -2.07. The van der Waals surface area contributed by atoms with E-state index in [-0.39, 0.29) is 6.61 Å². The van der Waals surface area contributed by atoms with Crippen LogP contribution in [0.3, 0.4) is 0 Å². The summed E-state index contributed by atoms with van der Waals surface area (Å²) in [5.41, 5.74) is 0. The molecule has 0 bridgehead atoms. The Bertz CT molecular complexity index is 320. The summed E-state index contributed by atoms with van der Waals surface area (Å²) in [5, 5.41) is 17.2. The first-order valence-corrected chi connectivity index (χ1v) is 5.36. The maximum atomic E-state index is 9.12. The van der Waals surface area contributed by atoms with Gasteiger partial charge in [0.1, 0.15) is 12.4 Å². The smallest absolute Gasteiger partial charge is 0.158 e. The Kier molecular flexibility index (Phi) is 3.33. The molecule has 0 spiro atoms. The van der Waals surface area contributed by atoms with E-state index in [1.54, 1.807) is 7.11 Å². The van der Waals surface area contributed by atoms with E-state index in [4.69, 9.17) is 9.84 Å². The van der Waals surface area contributed by atoms with Crippen LogP contribution in [0.15, 0.2) is 0 Å². The fourth-order valence-electron chi connectivity index (χ4n) is 1.66. The molecule has 1 heterocycles. The number of rotatable bonds is 6. The summed E-state index contributed by atoms with van der Waals surface area (Å²) in [7, 11) is 1.67. The van der Waals surface area contributed by atoms with Crippen LogP contribution in [0.5, 0.6) is 0 Å². The number of nitrogens with zero attached hydrogens (tertiary/aromatic N) is 3. The molecule has 1 N–H and O–H groups in total. The van der Waals surface area contributed by atoms with Gasteiger partial charge in [0, 0.05) is 20.1 Å². The SMILES string of the molecule is COCCn1c(CO)nnc1CC1CC1. The van der Waals surface area contributed by atoms with E-state index in [0.717, 1.165) is 24.7 Å². The van der Waals surface area contributed by atoms with Gasteiger partial charge in [-0.25, -0.2) is 0 Å². The number of hydrogen-bond donors (Lipinski definition) is 1. The highest BCUT2D eigenvalue weighted by Crippen LogP contribution is 2.32. The first kappa shape index (κ1) is 10.6. The van der Waals surface area contributed by atoms with Gasteiger partial charge in [0.2, 0.25) is 0 Å². The predicted octanol–water partition coefficient (Wildman–Crippen LogP) is 0.369. The summed E-state index contributed by atoms with van der Waals surface area (Å²) < 4.78 is 7.01. The number of aliphatic hydroxyl groups is 1. The fourth-order valence-corrected chi connectivity index (χ4v) is 1.66. The Hall–Kier alpha value is -0.940. The van der Waals surface area contributed by atoms with Crippen LogP contribution in [0.1, 0.15) is 24.5 Å². The van der Waals surface area contributed by atoms with Gasteiger partial charge in [-0.2, -0.15) is 0 Å². The zero-order valence-corrected chi connectivity index (χ0v) is 9.02. The van der Waals surface area contributed by atoms with Gasteiger partial charge in [0.25, 0.3) is 0 Å². The van der Waals surface area contributed by atoms with E-state index in [2.05, 4.69) is 10.2 Å². The molecule has 84 valence electrons. The third kappa shape index (κ3) is 2.54. The van der Waals surface area contributed by atoms with E-state index < -0.39 is 0 Å². The van der Waals surface area contributed by atoms with E-state index in [0.29, 0.717) is 12.4 Å². The molecule has 5 heteroatoms. The highest BCUT2D eigenvalue weighted by Gasteiger charge is 2.24. The average molecular weight is 211 g/mol. The van der Waals surface area contributed by atoms with Crippen molar-refractivity contribution in [3.8, 4) is 0 Å². The molecular weight excluding hydrogens is 194 g/mol. The van der Waals surface area contributed by atoms with E-state index in [1.807, 2.05) is 4.57 Å². The molecule has 0 aromatic carbocycles. The second-order valence-electron chi connectivity index (χ2n) is 3.98. The molecule has 1 aliphatic rings. The van der Waals surface area contributed by atoms with Gasteiger partial charge in [0.15, 0.2) is 5.82 Å². The predicted molar refractivity (Wildman–Crippen MR) is 54.2 cm³/mol. The number of methoxy groups -OCH3 is 1. The minimum atomic E-state index is -0.0542. The zero-order chi connectivity index (χ0) is 10.7. The Morgan fingerprint density at radius 2 is 2.13 bits per heavy atom. The molecule has 0 atom stereocenters.